The Hall–Kier alpha value is -1.74. The smallest absolute Gasteiger partial charge is 0.506 e. The van der Waals surface area contributed by atoms with E-state index in [9.17, 15) is 0 Å². The van der Waals surface area contributed by atoms with Crippen LogP contribution in [0.15, 0.2) is 36.4 Å². The monoisotopic (exact) mass is 310 g/mol. The molecular formula is C14H18N2O2Zn+2. The van der Waals surface area contributed by atoms with Gasteiger partial charge < -0.3 is 21.7 Å². The summed E-state index contributed by atoms with van der Waals surface area (Å²) in [5.41, 5.74) is 13.7. The van der Waals surface area contributed by atoms with Crippen LogP contribution in [0.2, 0.25) is 0 Å². The van der Waals surface area contributed by atoms with Crippen LogP contribution in [-0.4, -0.2) is 10.2 Å². The Balaban J connectivity index is 0.000000324. The molecule has 6 N–H and O–H groups in total. The van der Waals surface area contributed by atoms with Crippen LogP contribution < -0.4 is 11.5 Å². The largest absolute Gasteiger partial charge is 2.00 e. The number of phenols is 2. The molecular weight excluding hydrogens is 294 g/mol. The van der Waals surface area contributed by atoms with Gasteiger partial charge in [-0.3, -0.25) is 0 Å². The van der Waals surface area contributed by atoms with E-state index in [1.54, 1.807) is 24.3 Å². The molecule has 0 aliphatic carbocycles. The first-order chi connectivity index (χ1) is 8.40. The van der Waals surface area contributed by atoms with Crippen LogP contribution in [-0.2, 0) is 19.5 Å². The van der Waals surface area contributed by atoms with Crippen molar-refractivity contribution in [2.75, 3.05) is 11.5 Å². The van der Waals surface area contributed by atoms with Gasteiger partial charge in [0.1, 0.15) is 11.5 Å². The van der Waals surface area contributed by atoms with Gasteiger partial charge in [-0.2, -0.15) is 0 Å². The van der Waals surface area contributed by atoms with Crippen LogP contribution in [0.25, 0.3) is 0 Å². The zero-order valence-electron chi connectivity index (χ0n) is 11.2. The fourth-order valence-electron chi connectivity index (χ4n) is 1.35. The van der Waals surface area contributed by atoms with Crippen molar-refractivity contribution >= 4 is 11.4 Å². The number of nitrogen functional groups attached to an aromatic ring is 2. The number of hydrogen-bond donors (Lipinski definition) is 4. The van der Waals surface area contributed by atoms with E-state index in [1.165, 1.54) is 0 Å². The van der Waals surface area contributed by atoms with Crippen molar-refractivity contribution in [3.8, 4) is 11.5 Å². The van der Waals surface area contributed by atoms with Gasteiger partial charge in [-0.1, -0.05) is 12.1 Å². The molecule has 5 heteroatoms. The molecule has 0 bridgehead atoms. The standard InChI is InChI=1S/2C7H9NO.Zn/c2*1-5-2-3-7(9)6(8)4-5;/h2*2-4,9H,8H2,1H3;/q;;+2. The topological polar surface area (TPSA) is 92.5 Å². The number of nitrogens with two attached hydrogens (primary N) is 2. The van der Waals surface area contributed by atoms with Crippen LogP contribution in [0.3, 0.4) is 0 Å². The maximum absolute atomic E-state index is 8.92. The first-order valence-corrected chi connectivity index (χ1v) is 5.50. The molecule has 0 fully saturated rings. The van der Waals surface area contributed by atoms with Gasteiger partial charge in [0.2, 0.25) is 0 Å². The van der Waals surface area contributed by atoms with Gasteiger partial charge in [-0.25, -0.2) is 0 Å². The first kappa shape index (κ1) is 17.3. The Labute approximate surface area is 125 Å². The number of aromatic hydroxyl groups is 2. The zero-order valence-corrected chi connectivity index (χ0v) is 14.2. The van der Waals surface area contributed by atoms with Crippen LogP contribution in [0.5, 0.6) is 11.5 Å². The van der Waals surface area contributed by atoms with Gasteiger partial charge in [0.05, 0.1) is 11.4 Å². The molecule has 19 heavy (non-hydrogen) atoms. The van der Waals surface area contributed by atoms with Gasteiger partial charge in [0, 0.05) is 0 Å². The van der Waals surface area contributed by atoms with E-state index in [4.69, 9.17) is 21.7 Å². The SMILES string of the molecule is Cc1ccc(O)c(N)c1.Cc1ccc(O)c(N)c1.[Zn+2]. The van der Waals surface area contributed by atoms with Crippen molar-refractivity contribution in [3.63, 3.8) is 0 Å². The summed E-state index contributed by atoms with van der Waals surface area (Å²) in [6, 6.07) is 10.3. The first-order valence-electron chi connectivity index (χ1n) is 5.50. The third-order valence-corrected chi connectivity index (χ3v) is 2.37. The summed E-state index contributed by atoms with van der Waals surface area (Å²) >= 11 is 0. The quantitative estimate of drug-likeness (QED) is 0.342. The van der Waals surface area contributed by atoms with Gasteiger partial charge >= 0.3 is 19.5 Å². The summed E-state index contributed by atoms with van der Waals surface area (Å²) in [6.45, 7) is 3.85. The molecule has 0 saturated carbocycles. The summed E-state index contributed by atoms with van der Waals surface area (Å²) in [7, 11) is 0. The maximum atomic E-state index is 8.92. The summed E-state index contributed by atoms with van der Waals surface area (Å²) in [5.74, 6) is 0.307. The van der Waals surface area contributed by atoms with E-state index in [-0.39, 0.29) is 31.0 Å². The maximum Gasteiger partial charge on any atom is 2.00 e. The average molecular weight is 312 g/mol. The van der Waals surface area contributed by atoms with Crippen molar-refractivity contribution < 1.29 is 29.7 Å². The second-order valence-corrected chi connectivity index (χ2v) is 4.12. The van der Waals surface area contributed by atoms with Crippen LogP contribution in [0.4, 0.5) is 11.4 Å². The average Bonchev–Trinajstić information content (AvgIpc) is 2.30. The number of hydrogen-bond acceptors (Lipinski definition) is 4. The molecule has 0 aromatic heterocycles. The second-order valence-electron chi connectivity index (χ2n) is 4.12. The Morgan fingerprint density at radius 3 is 1.26 bits per heavy atom. The summed E-state index contributed by atoms with van der Waals surface area (Å²) in [6.07, 6.45) is 0. The predicted molar refractivity (Wildman–Crippen MR) is 74.5 cm³/mol. The molecule has 0 spiro atoms. The molecule has 2 rings (SSSR count). The molecule has 0 saturated heterocycles. The fraction of sp³-hybridized carbons (Fsp3) is 0.143. The third kappa shape index (κ3) is 5.62. The minimum Gasteiger partial charge on any atom is -0.506 e. The number of benzene rings is 2. The molecule has 0 amide bonds. The van der Waals surface area contributed by atoms with E-state index in [0.717, 1.165) is 11.1 Å². The Bertz CT molecular complexity index is 495. The summed E-state index contributed by atoms with van der Waals surface area (Å²) in [4.78, 5) is 0. The van der Waals surface area contributed by atoms with Crippen molar-refractivity contribution in [3.05, 3.63) is 47.5 Å². The van der Waals surface area contributed by atoms with Crippen molar-refractivity contribution in [2.45, 2.75) is 13.8 Å². The molecule has 2 aromatic rings. The van der Waals surface area contributed by atoms with Crippen molar-refractivity contribution in [2.24, 2.45) is 0 Å². The van der Waals surface area contributed by atoms with E-state index in [1.807, 2.05) is 26.0 Å². The summed E-state index contributed by atoms with van der Waals surface area (Å²) < 4.78 is 0. The van der Waals surface area contributed by atoms with E-state index in [2.05, 4.69) is 0 Å². The molecule has 0 unspecified atom stereocenters. The van der Waals surface area contributed by atoms with Crippen LogP contribution in [0.1, 0.15) is 11.1 Å². The van der Waals surface area contributed by atoms with Gasteiger partial charge in [-0.15, -0.1) is 0 Å². The molecule has 0 aliphatic rings. The molecule has 2 aromatic carbocycles. The number of aryl methyl sites for hydroxylation is 2. The van der Waals surface area contributed by atoms with Gasteiger partial charge in [-0.05, 0) is 49.2 Å². The third-order valence-electron chi connectivity index (χ3n) is 2.37. The van der Waals surface area contributed by atoms with Crippen molar-refractivity contribution in [1.82, 2.24) is 0 Å². The van der Waals surface area contributed by atoms with Crippen molar-refractivity contribution in [1.29, 1.82) is 0 Å². The molecule has 0 radical (unpaired) electrons. The number of anilines is 2. The van der Waals surface area contributed by atoms with E-state index < -0.39 is 0 Å². The number of rotatable bonds is 0. The molecule has 0 heterocycles. The Morgan fingerprint density at radius 1 is 0.737 bits per heavy atom. The second kappa shape index (κ2) is 7.64. The Kier molecular flexibility index (Phi) is 6.95. The van der Waals surface area contributed by atoms with E-state index in [0.29, 0.717) is 11.4 Å². The molecule has 96 valence electrons. The minimum absolute atomic E-state index is 0. The minimum atomic E-state index is 0. The van der Waals surface area contributed by atoms with Gasteiger partial charge in [0.25, 0.3) is 0 Å². The molecule has 0 aliphatic heterocycles. The Morgan fingerprint density at radius 2 is 1.05 bits per heavy atom. The number of phenolic OH excluding ortho intramolecular Hbond substituents is 2. The zero-order chi connectivity index (χ0) is 13.7. The molecule has 0 atom stereocenters. The van der Waals surface area contributed by atoms with E-state index >= 15 is 0 Å². The predicted octanol–water partition coefficient (Wildman–Crippen LogP) is 2.56. The van der Waals surface area contributed by atoms with Crippen LogP contribution >= 0.6 is 0 Å². The van der Waals surface area contributed by atoms with Crippen LogP contribution in [0, 0.1) is 13.8 Å². The fourth-order valence-corrected chi connectivity index (χ4v) is 1.35. The normalized spacial score (nSPS) is 8.95. The summed E-state index contributed by atoms with van der Waals surface area (Å²) in [5, 5.41) is 17.8. The van der Waals surface area contributed by atoms with Gasteiger partial charge in [0.15, 0.2) is 0 Å². The molecule has 4 nitrogen and oxygen atoms in total.